The lowest BCUT2D eigenvalue weighted by Gasteiger charge is -2.19. The molecule has 0 spiro atoms. The molecule has 7 nitrogen and oxygen atoms in total. The summed E-state index contributed by atoms with van der Waals surface area (Å²) >= 11 is 0. The van der Waals surface area contributed by atoms with Gasteiger partial charge in [0.25, 0.3) is 0 Å². The van der Waals surface area contributed by atoms with E-state index in [-0.39, 0.29) is 23.1 Å². The Morgan fingerprint density at radius 2 is 1.85 bits per heavy atom. The van der Waals surface area contributed by atoms with Crippen LogP contribution in [0.15, 0.2) is 53.4 Å². The summed E-state index contributed by atoms with van der Waals surface area (Å²) in [6.07, 6.45) is 0. The van der Waals surface area contributed by atoms with Crippen LogP contribution in [0.5, 0.6) is 0 Å². The van der Waals surface area contributed by atoms with Gasteiger partial charge in [0.15, 0.2) is 15.9 Å². The third-order valence-electron chi connectivity index (χ3n) is 3.96. The highest BCUT2D eigenvalue weighted by molar-refractivity contribution is 7.91. The molecular weight excluding hydrogens is 366 g/mol. The molecule has 0 radical (unpaired) electrons. The molecule has 144 valence electrons. The molecule has 0 saturated heterocycles. The molecule has 0 heterocycles. The van der Waals surface area contributed by atoms with Gasteiger partial charge in [0.1, 0.15) is 5.84 Å². The topological polar surface area (TPSA) is 122 Å². The molecule has 8 heteroatoms. The summed E-state index contributed by atoms with van der Waals surface area (Å²) in [5.41, 5.74) is 7.10. The Labute approximate surface area is 159 Å². The maximum Gasteiger partial charge on any atom is 0.333 e. The van der Waals surface area contributed by atoms with Crippen molar-refractivity contribution in [2.24, 2.45) is 5.73 Å². The van der Waals surface area contributed by atoms with Crippen LogP contribution in [0.2, 0.25) is 0 Å². The molecule has 0 aliphatic heterocycles. The molecule has 0 aliphatic carbocycles. The first kappa shape index (κ1) is 20.4. The Balaban J connectivity index is 2.39. The standard InChI is InChI=1S/C19H23N3O4S/c1-3-26-19(23)17(22-15-10-8-13(9-11-15)18(20)21)14-6-5-7-16(12-14)27(24,25)4-2/h5-12,17,22H,3-4H2,1-2H3,(H3,20,21). The normalized spacial score (nSPS) is 12.2. The van der Waals surface area contributed by atoms with E-state index in [1.54, 1.807) is 50.2 Å². The highest BCUT2D eigenvalue weighted by atomic mass is 32.2. The monoisotopic (exact) mass is 389 g/mol. The van der Waals surface area contributed by atoms with Gasteiger partial charge in [-0.1, -0.05) is 19.1 Å². The van der Waals surface area contributed by atoms with Gasteiger partial charge in [0, 0.05) is 11.3 Å². The van der Waals surface area contributed by atoms with Crippen LogP contribution in [0.25, 0.3) is 0 Å². The number of sulfone groups is 1. The number of anilines is 1. The molecule has 2 rings (SSSR count). The number of benzene rings is 2. The highest BCUT2D eigenvalue weighted by Crippen LogP contribution is 2.24. The van der Waals surface area contributed by atoms with Gasteiger partial charge < -0.3 is 15.8 Å². The summed E-state index contributed by atoms with van der Waals surface area (Å²) < 4.78 is 29.5. The molecule has 4 N–H and O–H groups in total. The number of carbonyl (C=O) groups is 1. The summed E-state index contributed by atoms with van der Waals surface area (Å²) in [4.78, 5) is 12.6. The number of rotatable bonds is 8. The largest absolute Gasteiger partial charge is 0.464 e. The number of carbonyl (C=O) groups excluding carboxylic acids is 1. The minimum absolute atomic E-state index is 0.0273. The SMILES string of the molecule is CCOC(=O)C(Nc1ccc(C(=N)N)cc1)c1cccc(S(=O)(=O)CC)c1. The first-order chi connectivity index (χ1) is 12.8. The maximum absolute atomic E-state index is 12.5. The van der Waals surface area contributed by atoms with Gasteiger partial charge in [-0.15, -0.1) is 0 Å². The number of amidine groups is 1. The fourth-order valence-corrected chi connectivity index (χ4v) is 3.41. The van der Waals surface area contributed by atoms with Crippen LogP contribution in [0.1, 0.15) is 31.0 Å². The second kappa shape index (κ2) is 8.68. The zero-order valence-electron chi connectivity index (χ0n) is 15.2. The third kappa shape index (κ3) is 5.07. The Bertz CT molecular complexity index is 924. The number of nitrogens with two attached hydrogens (primary N) is 1. The smallest absolute Gasteiger partial charge is 0.333 e. The Morgan fingerprint density at radius 1 is 1.19 bits per heavy atom. The Kier molecular flexibility index (Phi) is 6.57. The molecule has 1 atom stereocenters. The van der Waals surface area contributed by atoms with Crippen molar-refractivity contribution in [1.82, 2.24) is 0 Å². The molecular formula is C19H23N3O4S. The average Bonchev–Trinajstić information content (AvgIpc) is 2.66. The number of nitrogens with one attached hydrogen (secondary N) is 2. The molecule has 0 aliphatic rings. The van der Waals surface area contributed by atoms with E-state index in [4.69, 9.17) is 15.9 Å². The van der Waals surface area contributed by atoms with Gasteiger partial charge in [-0.2, -0.15) is 0 Å². The van der Waals surface area contributed by atoms with E-state index in [2.05, 4.69) is 5.32 Å². The summed E-state index contributed by atoms with van der Waals surface area (Å²) in [6.45, 7) is 3.47. The summed E-state index contributed by atoms with van der Waals surface area (Å²) in [6, 6.07) is 12.1. The van der Waals surface area contributed by atoms with E-state index in [1.807, 2.05) is 0 Å². The molecule has 0 bridgehead atoms. The first-order valence-corrected chi connectivity index (χ1v) is 10.1. The molecule has 0 saturated carbocycles. The Hall–Kier alpha value is -2.87. The zero-order valence-corrected chi connectivity index (χ0v) is 16.0. The average molecular weight is 389 g/mol. The quantitative estimate of drug-likeness (QED) is 0.362. The van der Waals surface area contributed by atoms with Gasteiger partial charge in [-0.05, 0) is 48.9 Å². The fourth-order valence-electron chi connectivity index (χ4n) is 2.47. The number of hydrogen-bond acceptors (Lipinski definition) is 6. The van der Waals surface area contributed by atoms with Gasteiger partial charge >= 0.3 is 5.97 Å². The lowest BCUT2D eigenvalue weighted by Crippen LogP contribution is -2.24. The molecule has 0 fully saturated rings. The van der Waals surface area contributed by atoms with Crippen molar-refractivity contribution in [2.75, 3.05) is 17.7 Å². The van der Waals surface area contributed by atoms with Crippen molar-refractivity contribution in [2.45, 2.75) is 24.8 Å². The summed E-state index contributed by atoms with van der Waals surface area (Å²) in [5.74, 6) is -0.597. The number of nitrogen functional groups attached to an aromatic ring is 1. The van der Waals surface area contributed by atoms with E-state index in [0.717, 1.165) is 0 Å². The molecule has 2 aromatic rings. The van der Waals surface area contributed by atoms with Crippen molar-refractivity contribution in [1.29, 1.82) is 5.41 Å². The minimum atomic E-state index is -3.40. The van der Waals surface area contributed by atoms with Crippen LogP contribution in [0.4, 0.5) is 5.69 Å². The lowest BCUT2D eigenvalue weighted by atomic mass is 10.1. The van der Waals surface area contributed by atoms with Crippen LogP contribution in [-0.2, 0) is 19.4 Å². The Morgan fingerprint density at radius 3 is 2.41 bits per heavy atom. The van der Waals surface area contributed by atoms with Gasteiger partial charge in [-0.3, -0.25) is 5.41 Å². The minimum Gasteiger partial charge on any atom is -0.464 e. The third-order valence-corrected chi connectivity index (χ3v) is 5.69. The van der Waals surface area contributed by atoms with Crippen LogP contribution >= 0.6 is 0 Å². The predicted octanol–water partition coefficient (Wildman–Crippen LogP) is 2.48. The van der Waals surface area contributed by atoms with Crippen LogP contribution in [0.3, 0.4) is 0 Å². The van der Waals surface area contributed by atoms with Crippen molar-refractivity contribution in [3.05, 3.63) is 59.7 Å². The van der Waals surface area contributed by atoms with Gasteiger partial charge in [0.05, 0.1) is 17.3 Å². The van der Waals surface area contributed by atoms with E-state index in [0.29, 0.717) is 16.8 Å². The molecule has 27 heavy (non-hydrogen) atoms. The first-order valence-electron chi connectivity index (χ1n) is 8.48. The van der Waals surface area contributed by atoms with Crippen molar-refractivity contribution in [3.8, 4) is 0 Å². The fraction of sp³-hybridized carbons (Fsp3) is 0.263. The van der Waals surface area contributed by atoms with E-state index >= 15 is 0 Å². The number of ether oxygens (including phenoxy) is 1. The maximum atomic E-state index is 12.5. The van der Waals surface area contributed by atoms with Crippen molar-refractivity contribution >= 4 is 27.3 Å². The molecule has 1 unspecified atom stereocenters. The summed E-state index contributed by atoms with van der Waals surface area (Å²) in [5, 5.41) is 10.5. The van der Waals surface area contributed by atoms with E-state index in [9.17, 15) is 13.2 Å². The second-order valence-electron chi connectivity index (χ2n) is 5.80. The lowest BCUT2D eigenvalue weighted by molar-refractivity contribution is -0.144. The van der Waals surface area contributed by atoms with E-state index in [1.165, 1.54) is 12.1 Å². The number of hydrogen-bond donors (Lipinski definition) is 3. The van der Waals surface area contributed by atoms with Gasteiger partial charge in [-0.25, -0.2) is 13.2 Å². The summed E-state index contributed by atoms with van der Waals surface area (Å²) in [7, 11) is -3.40. The van der Waals surface area contributed by atoms with Crippen LogP contribution < -0.4 is 11.1 Å². The molecule has 2 aromatic carbocycles. The van der Waals surface area contributed by atoms with Crippen LogP contribution in [0, 0.1) is 5.41 Å². The second-order valence-corrected chi connectivity index (χ2v) is 8.07. The van der Waals surface area contributed by atoms with Crippen molar-refractivity contribution in [3.63, 3.8) is 0 Å². The van der Waals surface area contributed by atoms with Crippen molar-refractivity contribution < 1.29 is 17.9 Å². The van der Waals surface area contributed by atoms with Crippen LogP contribution in [-0.4, -0.2) is 32.6 Å². The zero-order chi connectivity index (χ0) is 20.0. The van der Waals surface area contributed by atoms with Gasteiger partial charge in [0.2, 0.25) is 0 Å². The molecule has 0 aromatic heterocycles. The van der Waals surface area contributed by atoms with E-state index < -0.39 is 21.8 Å². The predicted molar refractivity (Wildman–Crippen MR) is 105 cm³/mol. The highest BCUT2D eigenvalue weighted by Gasteiger charge is 2.24. The molecule has 0 amide bonds. The number of esters is 1.